The van der Waals surface area contributed by atoms with Gasteiger partial charge in [0.05, 0.1) is 0 Å². The molecule has 1 aromatic carbocycles. The molecule has 0 spiro atoms. The second-order valence-electron chi connectivity index (χ2n) is 9.40. The maximum Gasteiger partial charge on any atom is 0.138 e. The summed E-state index contributed by atoms with van der Waals surface area (Å²) in [5.74, 6) is 1.37. The van der Waals surface area contributed by atoms with Gasteiger partial charge in [0, 0.05) is 55.8 Å². The summed E-state index contributed by atoms with van der Waals surface area (Å²) in [4.78, 5) is 21.8. The number of ketones is 1. The van der Waals surface area contributed by atoms with Crippen molar-refractivity contribution in [3.63, 3.8) is 0 Å². The summed E-state index contributed by atoms with van der Waals surface area (Å²) >= 11 is 0. The van der Waals surface area contributed by atoms with Crippen LogP contribution in [0, 0.1) is 5.41 Å². The molecule has 0 atom stereocenters. The molecular formula is C25H35N3O. The Kier molecular flexibility index (Phi) is 6.74. The van der Waals surface area contributed by atoms with Gasteiger partial charge in [-0.25, -0.2) is 4.98 Å². The number of rotatable bonds is 6. The van der Waals surface area contributed by atoms with Gasteiger partial charge in [0.25, 0.3) is 0 Å². The molecule has 4 nitrogen and oxygen atoms in total. The third-order valence-corrected chi connectivity index (χ3v) is 5.85. The normalized spacial score (nSPS) is 15.7. The monoisotopic (exact) mass is 393 g/mol. The number of aromatic nitrogens is 1. The van der Waals surface area contributed by atoms with E-state index in [0.29, 0.717) is 18.2 Å². The Balaban J connectivity index is 1.64. The highest BCUT2D eigenvalue weighted by Gasteiger charge is 2.21. The number of nitrogens with zero attached hydrogens (tertiary/aromatic N) is 3. The van der Waals surface area contributed by atoms with E-state index in [1.165, 1.54) is 5.56 Å². The second kappa shape index (κ2) is 9.08. The van der Waals surface area contributed by atoms with Gasteiger partial charge in [0.15, 0.2) is 0 Å². The minimum absolute atomic E-state index is 0.266. The van der Waals surface area contributed by atoms with Crippen LogP contribution in [0.25, 0.3) is 11.1 Å². The van der Waals surface area contributed by atoms with Gasteiger partial charge in [-0.3, -0.25) is 9.69 Å². The van der Waals surface area contributed by atoms with Crippen LogP contribution in [0.4, 0.5) is 5.82 Å². The molecule has 0 saturated carbocycles. The van der Waals surface area contributed by atoms with E-state index >= 15 is 0 Å². The van der Waals surface area contributed by atoms with Gasteiger partial charge in [-0.15, -0.1) is 0 Å². The zero-order valence-electron chi connectivity index (χ0n) is 18.6. The summed E-state index contributed by atoms with van der Waals surface area (Å²) in [5.41, 5.74) is 3.22. The van der Waals surface area contributed by atoms with E-state index in [1.807, 2.05) is 27.0 Å². The molecule has 0 amide bonds. The second-order valence-corrected chi connectivity index (χ2v) is 9.40. The van der Waals surface area contributed by atoms with Crippen LogP contribution in [-0.2, 0) is 11.2 Å². The Labute approximate surface area is 175 Å². The average molecular weight is 394 g/mol. The SMILES string of the molecule is CC(C)N1CCN(c2ccc(-c3cccc(CCC(=O)C(C)(C)C)c3)cn2)CC1. The van der Waals surface area contributed by atoms with Gasteiger partial charge in [-0.1, -0.05) is 45.0 Å². The molecule has 0 aliphatic carbocycles. The van der Waals surface area contributed by atoms with E-state index in [4.69, 9.17) is 4.98 Å². The molecule has 2 heterocycles. The molecule has 1 aromatic heterocycles. The average Bonchev–Trinajstić information content (AvgIpc) is 2.71. The minimum atomic E-state index is -0.266. The zero-order chi connectivity index (χ0) is 21.0. The van der Waals surface area contributed by atoms with Crippen LogP contribution in [0.15, 0.2) is 42.6 Å². The number of anilines is 1. The van der Waals surface area contributed by atoms with Crippen LogP contribution in [0.5, 0.6) is 0 Å². The molecule has 156 valence electrons. The van der Waals surface area contributed by atoms with Gasteiger partial charge in [0.1, 0.15) is 11.6 Å². The summed E-state index contributed by atoms with van der Waals surface area (Å²) in [6.07, 6.45) is 3.35. The van der Waals surface area contributed by atoms with E-state index in [1.54, 1.807) is 0 Å². The lowest BCUT2D eigenvalue weighted by atomic mass is 9.87. The summed E-state index contributed by atoms with van der Waals surface area (Å²) in [7, 11) is 0. The highest BCUT2D eigenvalue weighted by Crippen LogP contribution is 2.24. The maximum atomic E-state index is 12.2. The van der Waals surface area contributed by atoms with Gasteiger partial charge in [-0.2, -0.15) is 0 Å². The van der Waals surface area contributed by atoms with Crippen molar-refractivity contribution in [1.29, 1.82) is 0 Å². The Bertz CT molecular complexity index is 813. The Morgan fingerprint density at radius 2 is 1.76 bits per heavy atom. The molecule has 29 heavy (non-hydrogen) atoms. The van der Waals surface area contributed by atoms with Crippen molar-refractivity contribution in [2.75, 3.05) is 31.1 Å². The highest BCUT2D eigenvalue weighted by molar-refractivity contribution is 5.83. The molecule has 1 saturated heterocycles. The Morgan fingerprint density at radius 1 is 1.03 bits per heavy atom. The van der Waals surface area contributed by atoms with E-state index in [0.717, 1.165) is 49.5 Å². The first-order valence-electron chi connectivity index (χ1n) is 10.8. The number of pyridine rings is 1. The van der Waals surface area contributed by atoms with Crippen molar-refractivity contribution < 1.29 is 4.79 Å². The number of carbonyl (C=O) groups is 1. The summed E-state index contributed by atoms with van der Waals surface area (Å²) in [6, 6.07) is 13.4. The molecule has 4 heteroatoms. The quantitative estimate of drug-likeness (QED) is 0.704. The largest absolute Gasteiger partial charge is 0.354 e. The zero-order valence-corrected chi connectivity index (χ0v) is 18.6. The van der Waals surface area contributed by atoms with Gasteiger partial charge >= 0.3 is 0 Å². The van der Waals surface area contributed by atoms with Crippen molar-refractivity contribution in [1.82, 2.24) is 9.88 Å². The van der Waals surface area contributed by atoms with Crippen molar-refractivity contribution >= 4 is 11.6 Å². The summed E-state index contributed by atoms with van der Waals surface area (Å²) < 4.78 is 0. The van der Waals surface area contributed by atoms with Crippen LogP contribution >= 0.6 is 0 Å². The van der Waals surface area contributed by atoms with Gasteiger partial charge < -0.3 is 4.90 Å². The number of Topliss-reactive ketones (excluding diaryl/α,β-unsaturated/α-hetero) is 1. The molecule has 0 radical (unpaired) electrons. The molecular weight excluding hydrogens is 358 g/mol. The topological polar surface area (TPSA) is 36.4 Å². The number of benzene rings is 1. The van der Waals surface area contributed by atoms with Crippen molar-refractivity contribution in [3.8, 4) is 11.1 Å². The first-order valence-corrected chi connectivity index (χ1v) is 10.8. The first-order chi connectivity index (χ1) is 13.7. The van der Waals surface area contributed by atoms with Crippen LogP contribution in [0.2, 0.25) is 0 Å². The van der Waals surface area contributed by atoms with E-state index < -0.39 is 0 Å². The van der Waals surface area contributed by atoms with Gasteiger partial charge in [-0.05, 0) is 43.5 Å². The molecule has 3 rings (SSSR count). The van der Waals surface area contributed by atoms with Crippen molar-refractivity contribution in [2.24, 2.45) is 5.41 Å². The number of hydrogen-bond acceptors (Lipinski definition) is 4. The molecule has 1 fully saturated rings. The number of aryl methyl sites for hydroxylation is 1. The van der Waals surface area contributed by atoms with E-state index in [9.17, 15) is 4.79 Å². The minimum Gasteiger partial charge on any atom is -0.354 e. The standard InChI is InChI=1S/C25H35N3O/c1-19(2)27-13-15-28(16-14-27)24-12-10-22(18-26-24)21-8-6-7-20(17-21)9-11-23(29)25(3,4)5/h6-8,10,12,17-19H,9,11,13-16H2,1-5H3. The van der Waals surface area contributed by atoms with Crippen LogP contribution in [0.3, 0.4) is 0 Å². The Morgan fingerprint density at radius 3 is 2.34 bits per heavy atom. The summed E-state index contributed by atoms with van der Waals surface area (Å²) in [6.45, 7) is 14.7. The lowest BCUT2D eigenvalue weighted by Gasteiger charge is -2.37. The maximum absolute atomic E-state index is 12.2. The first kappa shape index (κ1) is 21.5. The number of piperazine rings is 1. The molecule has 0 bridgehead atoms. The Hall–Kier alpha value is -2.20. The van der Waals surface area contributed by atoms with Gasteiger partial charge in [0.2, 0.25) is 0 Å². The van der Waals surface area contributed by atoms with Crippen LogP contribution in [0.1, 0.15) is 46.6 Å². The summed E-state index contributed by atoms with van der Waals surface area (Å²) in [5, 5.41) is 0. The third-order valence-electron chi connectivity index (χ3n) is 5.85. The fraction of sp³-hybridized carbons (Fsp3) is 0.520. The lowest BCUT2D eigenvalue weighted by Crippen LogP contribution is -2.49. The number of carbonyl (C=O) groups excluding carboxylic acids is 1. The van der Waals surface area contributed by atoms with Crippen LogP contribution in [-0.4, -0.2) is 47.9 Å². The van der Waals surface area contributed by atoms with Crippen LogP contribution < -0.4 is 4.90 Å². The molecule has 2 aromatic rings. The fourth-order valence-electron chi connectivity index (χ4n) is 3.75. The van der Waals surface area contributed by atoms with Crippen molar-refractivity contribution in [3.05, 3.63) is 48.2 Å². The molecule has 1 aliphatic heterocycles. The van der Waals surface area contributed by atoms with E-state index in [2.05, 4.69) is 60.0 Å². The third kappa shape index (κ3) is 5.66. The molecule has 1 aliphatic rings. The number of hydrogen-bond donors (Lipinski definition) is 0. The highest BCUT2D eigenvalue weighted by atomic mass is 16.1. The van der Waals surface area contributed by atoms with Crippen molar-refractivity contribution in [2.45, 2.75) is 53.5 Å². The van der Waals surface area contributed by atoms with E-state index in [-0.39, 0.29) is 5.41 Å². The predicted molar refractivity (Wildman–Crippen MR) is 121 cm³/mol. The lowest BCUT2D eigenvalue weighted by molar-refractivity contribution is -0.126. The fourth-order valence-corrected chi connectivity index (χ4v) is 3.75. The smallest absolute Gasteiger partial charge is 0.138 e. The molecule has 0 N–H and O–H groups in total. The molecule has 0 unspecified atom stereocenters. The predicted octanol–water partition coefficient (Wildman–Crippen LogP) is 4.83.